The summed E-state index contributed by atoms with van der Waals surface area (Å²) in [5.41, 5.74) is 2.66. The number of benzene rings is 2. The van der Waals surface area contributed by atoms with Crippen LogP contribution in [-0.4, -0.2) is 20.7 Å². The highest BCUT2D eigenvalue weighted by atomic mass is 16.5. The number of esters is 1. The van der Waals surface area contributed by atoms with Gasteiger partial charge in [0.1, 0.15) is 6.11 Å². The first-order chi connectivity index (χ1) is 13.3. The van der Waals surface area contributed by atoms with Gasteiger partial charge in [-0.25, -0.2) is 9.78 Å². The monoisotopic (exact) mass is 357 g/mol. The Balaban J connectivity index is 1.73. The number of rotatable bonds is 4. The maximum absolute atomic E-state index is 11.9. The summed E-state index contributed by atoms with van der Waals surface area (Å²) in [7, 11) is 0. The molecule has 0 fully saturated rings. The van der Waals surface area contributed by atoms with Crippen LogP contribution in [0, 0.1) is 12.0 Å². The van der Waals surface area contributed by atoms with Crippen LogP contribution in [0.2, 0.25) is 0 Å². The van der Waals surface area contributed by atoms with Crippen LogP contribution in [0.1, 0.15) is 23.0 Å². The van der Waals surface area contributed by atoms with Gasteiger partial charge in [-0.15, -0.1) is 0 Å². The van der Waals surface area contributed by atoms with Gasteiger partial charge >= 0.3 is 5.97 Å². The predicted octanol–water partition coefficient (Wildman–Crippen LogP) is 3.88. The molecule has 132 valence electrons. The van der Waals surface area contributed by atoms with E-state index in [1.54, 1.807) is 6.92 Å². The summed E-state index contributed by atoms with van der Waals surface area (Å²) in [5, 5.41) is 5.56. The van der Waals surface area contributed by atoms with Gasteiger partial charge in [-0.05, 0) is 11.6 Å². The van der Waals surface area contributed by atoms with Crippen LogP contribution in [0.3, 0.4) is 0 Å². The van der Waals surface area contributed by atoms with Crippen molar-refractivity contribution in [3.8, 4) is 23.6 Å². The summed E-state index contributed by atoms with van der Waals surface area (Å²) in [5.74, 6) is 2.04. The zero-order valence-electron chi connectivity index (χ0n) is 14.5. The van der Waals surface area contributed by atoms with E-state index in [1.807, 2.05) is 59.3 Å². The van der Waals surface area contributed by atoms with Gasteiger partial charge in [-0.1, -0.05) is 54.5 Å². The average Bonchev–Trinajstić information content (AvgIpc) is 3.32. The molecule has 0 aliphatic heterocycles. The SMILES string of the molecule is CC#COC(=O)c1cnc(-c2nn(Cc3ccccc3)c3ccccc23)o1. The lowest BCUT2D eigenvalue weighted by molar-refractivity contribution is 0.0657. The van der Waals surface area contributed by atoms with Crippen LogP contribution < -0.4 is 0 Å². The van der Waals surface area contributed by atoms with Gasteiger partial charge in [0.05, 0.1) is 18.3 Å². The van der Waals surface area contributed by atoms with E-state index in [9.17, 15) is 4.79 Å². The minimum atomic E-state index is -0.684. The summed E-state index contributed by atoms with van der Waals surface area (Å²) in [4.78, 5) is 16.1. The molecular formula is C21H15N3O3. The fourth-order valence-corrected chi connectivity index (χ4v) is 2.79. The van der Waals surface area contributed by atoms with E-state index in [-0.39, 0.29) is 11.7 Å². The Morgan fingerprint density at radius 2 is 1.93 bits per heavy atom. The third-order valence-corrected chi connectivity index (χ3v) is 3.99. The van der Waals surface area contributed by atoms with E-state index in [1.165, 1.54) is 6.20 Å². The van der Waals surface area contributed by atoms with Crippen LogP contribution >= 0.6 is 0 Å². The van der Waals surface area contributed by atoms with Gasteiger partial charge in [0.25, 0.3) is 0 Å². The van der Waals surface area contributed by atoms with Crippen molar-refractivity contribution in [3.63, 3.8) is 0 Å². The van der Waals surface area contributed by atoms with E-state index >= 15 is 0 Å². The Bertz CT molecular complexity index is 1160. The average molecular weight is 357 g/mol. The van der Waals surface area contributed by atoms with Crippen molar-refractivity contribution >= 4 is 16.9 Å². The van der Waals surface area contributed by atoms with Crippen molar-refractivity contribution in [2.75, 3.05) is 0 Å². The number of aromatic nitrogens is 3. The molecule has 6 nitrogen and oxygen atoms in total. The number of oxazole rings is 1. The number of hydrogen-bond donors (Lipinski definition) is 0. The second kappa shape index (κ2) is 7.18. The molecule has 0 spiro atoms. The molecule has 27 heavy (non-hydrogen) atoms. The number of fused-ring (bicyclic) bond motifs is 1. The molecule has 0 aliphatic carbocycles. The van der Waals surface area contributed by atoms with Crippen molar-refractivity contribution in [2.24, 2.45) is 0 Å². The van der Waals surface area contributed by atoms with Gasteiger partial charge in [0.15, 0.2) is 5.69 Å². The number of hydrogen-bond acceptors (Lipinski definition) is 5. The Hall–Kier alpha value is -3.85. The van der Waals surface area contributed by atoms with E-state index < -0.39 is 5.97 Å². The zero-order chi connectivity index (χ0) is 18.6. The molecule has 0 aliphatic rings. The molecule has 0 bridgehead atoms. The molecule has 0 saturated heterocycles. The van der Waals surface area contributed by atoms with Crippen LogP contribution in [0.5, 0.6) is 0 Å². The van der Waals surface area contributed by atoms with E-state index in [0.717, 1.165) is 16.5 Å². The molecule has 2 aromatic heterocycles. The number of nitrogens with zero attached hydrogens (tertiary/aromatic N) is 3. The summed E-state index contributed by atoms with van der Waals surface area (Å²) < 4.78 is 12.2. The van der Waals surface area contributed by atoms with Gasteiger partial charge < -0.3 is 9.15 Å². The first-order valence-corrected chi connectivity index (χ1v) is 8.35. The normalized spacial score (nSPS) is 10.4. The number of para-hydroxylation sites is 1. The van der Waals surface area contributed by atoms with Crippen LogP contribution in [0.25, 0.3) is 22.5 Å². The lowest BCUT2D eigenvalue weighted by atomic mass is 10.2. The molecule has 2 heterocycles. The van der Waals surface area contributed by atoms with Gasteiger partial charge in [-0.3, -0.25) is 4.68 Å². The van der Waals surface area contributed by atoms with Crippen LogP contribution in [-0.2, 0) is 11.3 Å². The Labute approximate surface area is 155 Å². The molecule has 4 rings (SSSR count). The van der Waals surface area contributed by atoms with Gasteiger partial charge in [-0.2, -0.15) is 5.10 Å². The molecule has 0 unspecified atom stereocenters. The molecule has 0 radical (unpaired) electrons. The molecule has 0 amide bonds. The smallest absolute Gasteiger partial charge is 0.389 e. The minimum absolute atomic E-state index is 0.0190. The lowest BCUT2D eigenvalue weighted by Gasteiger charge is -2.03. The summed E-state index contributed by atoms with van der Waals surface area (Å²) in [6, 6.07) is 17.9. The highest BCUT2D eigenvalue weighted by Crippen LogP contribution is 2.28. The highest BCUT2D eigenvalue weighted by molar-refractivity contribution is 5.92. The summed E-state index contributed by atoms with van der Waals surface area (Å²) >= 11 is 0. The highest BCUT2D eigenvalue weighted by Gasteiger charge is 2.20. The fourth-order valence-electron chi connectivity index (χ4n) is 2.79. The number of ether oxygens (including phenoxy) is 1. The predicted molar refractivity (Wildman–Crippen MR) is 99.6 cm³/mol. The zero-order valence-corrected chi connectivity index (χ0v) is 14.5. The molecule has 2 aromatic carbocycles. The minimum Gasteiger partial charge on any atom is -0.427 e. The standard InChI is InChI=1S/C21H15N3O3/c1-2-12-26-21(25)18-13-22-20(27-18)19-16-10-6-7-11-17(16)24(23-19)14-15-8-4-3-5-9-15/h3-11,13H,14H2,1H3. The largest absolute Gasteiger partial charge is 0.427 e. The quantitative estimate of drug-likeness (QED) is 0.409. The first kappa shape index (κ1) is 16.6. The number of carbonyl (C=O) groups is 1. The topological polar surface area (TPSA) is 70.2 Å². The van der Waals surface area contributed by atoms with Gasteiger partial charge in [0, 0.05) is 12.3 Å². The van der Waals surface area contributed by atoms with Crippen molar-refractivity contribution in [3.05, 3.63) is 72.1 Å². The molecule has 0 N–H and O–H groups in total. The van der Waals surface area contributed by atoms with E-state index in [2.05, 4.69) is 22.1 Å². The maximum Gasteiger partial charge on any atom is 0.389 e. The van der Waals surface area contributed by atoms with E-state index in [4.69, 9.17) is 9.15 Å². The van der Waals surface area contributed by atoms with Crippen molar-refractivity contribution < 1.29 is 13.9 Å². The second-order valence-corrected chi connectivity index (χ2v) is 5.78. The Kier molecular flexibility index (Phi) is 4.42. The van der Waals surface area contributed by atoms with E-state index in [0.29, 0.717) is 12.2 Å². The first-order valence-electron chi connectivity index (χ1n) is 8.35. The lowest BCUT2D eigenvalue weighted by Crippen LogP contribution is -2.01. The third kappa shape index (κ3) is 3.31. The van der Waals surface area contributed by atoms with Crippen LogP contribution in [0.4, 0.5) is 0 Å². The number of carbonyl (C=O) groups excluding carboxylic acids is 1. The molecule has 0 saturated carbocycles. The molecular weight excluding hydrogens is 342 g/mol. The molecule has 6 heteroatoms. The van der Waals surface area contributed by atoms with Crippen molar-refractivity contribution in [1.82, 2.24) is 14.8 Å². The summed E-state index contributed by atoms with van der Waals surface area (Å²) in [6.45, 7) is 2.19. The molecule has 0 atom stereocenters. The Morgan fingerprint density at radius 3 is 2.74 bits per heavy atom. The maximum atomic E-state index is 11.9. The van der Waals surface area contributed by atoms with Crippen molar-refractivity contribution in [1.29, 1.82) is 0 Å². The second-order valence-electron chi connectivity index (χ2n) is 5.78. The van der Waals surface area contributed by atoms with Crippen molar-refractivity contribution in [2.45, 2.75) is 13.5 Å². The summed E-state index contributed by atoms with van der Waals surface area (Å²) in [6.07, 6.45) is 3.57. The van der Waals surface area contributed by atoms with Crippen LogP contribution in [0.15, 0.2) is 65.2 Å². The fraction of sp³-hybridized carbons (Fsp3) is 0.0952. The Morgan fingerprint density at radius 1 is 1.15 bits per heavy atom. The van der Waals surface area contributed by atoms with Gasteiger partial charge in [0.2, 0.25) is 11.7 Å². The molecule has 4 aromatic rings. The third-order valence-electron chi connectivity index (χ3n) is 3.99.